The molecule has 0 bridgehead atoms. The lowest BCUT2D eigenvalue weighted by molar-refractivity contribution is 0.290. The minimum atomic E-state index is 0.348. The molecule has 84 valence electrons. The molecule has 0 aromatic carbocycles. The van der Waals surface area contributed by atoms with Crippen LogP contribution in [0.25, 0.3) is 0 Å². The van der Waals surface area contributed by atoms with Crippen molar-refractivity contribution in [3.63, 3.8) is 0 Å². The molecule has 0 aromatic rings. The Hall–Kier alpha value is -0.740. The fraction of sp³-hybridized carbons (Fsp3) is 0.667. The van der Waals surface area contributed by atoms with Crippen molar-refractivity contribution in [2.45, 2.75) is 53.9 Å². The van der Waals surface area contributed by atoms with Gasteiger partial charge in [-0.25, -0.2) is 0 Å². The van der Waals surface area contributed by atoms with Gasteiger partial charge in [-0.05, 0) is 49.2 Å². The highest BCUT2D eigenvalue weighted by Crippen LogP contribution is 2.42. The zero-order valence-electron chi connectivity index (χ0n) is 10.9. The Bertz CT molecular complexity index is 309. The van der Waals surface area contributed by atoms with Gasteiger partial charge in [0.25, 0.3) is 0 Å². The first kappa shape index (κ1) is 12.3. The van der Waals surface area contributed by atoms with Gasteiger partial charge >= 0.3 is 0 Å². The standard InChI is InChI=1S/C15H24/c1-6-8-12(2)11-14-13(3)9-7-10-15(14,4)5/h6,8,13H,7,9-10H2,1-5H3. The summed E-state index contributed by atoms with van der Waals surface area (Å²) in [6.07, 6.45) is 8.23. The molecule has 0 aromatic heterocycles. The van der Waals surface area contributed by atoms with Crippen LogP contribution in [-0.4, -0.2) is 0 Å². The highest BCUT2D eigenvalue weighted by Gasteiger charge is 2.30. The van der Waals surface area contributed by atoms with Crippen LogP contribution in [-0.2, 0) is 0 Å². The van der Waals surface area contributed by atoms with E-state index in [9.17, 15) is 0 Å². The smallest absolute Gasteiger partial charge is 0.00660 e. The van der Waals surface area contributed by atoms with E-state index >= 15 is 0 Å². The van der Waals surface area contributed by atoms with Gasteiger partial charge in [0.1, 0.15) is 0 Å². The lowest BCUT2D eigenvalue weighted by Crippen LogP contribution is -2.24. The number of hydrogen-bond donors (Lipinski definition) is 0. The molecule has 1 aliphatic rings. The molecule has 0 nitrogen and oxygen atoms in total. The Morgan fingerprint density at radius 1 is 1.47 bits per heavy atom. The Morgan fingerprint density at radius 3 is 2.67 bits per heavy atom. The molecule has 0 saturated heterocycles. The van der Waals surface area contributed by atoms with Crippen molar-refractivity contribution in [2.24, 2.45) is 11.3 Å². The summed E-state index contributed by atoms with van der Waals surface area (Å²) in [5, 5.41) is 0. The molecule has 1 unspecified atom stereocenters. The van der Waals surface area contributed by atoms with E-state index in [4.69, 9.17) is 0 Å². The highest BCUT2D eigenvalue weighted by molar-refractivity contribution is 5.24. The molecule has 1 rings (SSSR count). The third-order valence-electron chi connectivity index (χ3n) is 3.41. The molecule has 1 aliphatic carbocycles. The summed E-state index contributed by atoms with van der Waals surface area (Å²) < 4.78 is 0. The lowest BCUT2D eigenvalue weighted by atomic mass is 9.69. The van der Waals surface area contributed by atoms with E-state index in [0.717, 1.165) is 0 Å². The molecule has 0 heteroatoms. The average molecular weight is 204 g/mol. The van der Waals surface area contributed by atoms with Crippen LogP contribution < -0.4 is 0 Å². The first-order valence-corrected chi connectivity index (χ1v) is 6.08. The van der Waals surface area contributed by atoms with Gasteiger partial charge in [-0.2, -0.15) is 0 Å². The molecule has 1 saturated carbocycles. The van der Waals surface area contributed by atoms with Gasteiger partial charge in [-0.15, -0.1) is 5.73 Å². The summed E-state index contributed by atoms with van der Waals surface area (Å²) in [5.74, 6) is 0.703. The van der Waals surface area contributed by atoms with Crippen molar-refractivity contribution in [3.8, 4) is 0 Å². The van der Waals surface area contributed by atoms with Gasteiger partial charge in [0, 0.05) is 0 Å². The van der Waals surface area contributed by atoms with Gasteiger partial charge in [-0.3, -0.25) is 0 Å². The van der Waals surface area contributed by atoms with E-state index in [1.807, 2.05) is 0 Å². The van der Waals surface area contributed by atoms with Crippen LogP contribution in [0.1, 0.15) is 53.9 Å². The Kier molecular flexibility index (Phi) is 3.99. The zero-order chi connectivity index (χ0) is 11.5. The third-order valence-corrected chi connectivity index (χ3v) is 3.41. The van der Waals surface area contributed by atoms with Crippen LogP contribution in [0.5, 0.6) is 0 Å². The maximum absolute atomic E-state index is 3.61. The summed E-state index contributed by atoms with van der Waals surface area (Å²) in [6, 6.07) is 0. The normalized spacial score (nSPS) is 25.4. The molecule has 0 amide bonds. The van der Waals surface area contributed by atoms with E-state index in [0.29, 0.717) is 11.3 Å². The summed E-state index contributed by atoms with van der Waals surface area (Å²) in [7, 11) is 0. The predicted octanol–water partition coefficient (Wildman–Crippen LogP) is 4.88. The van der Waals surface area contributed by atoms with E-state index in [1.54, 1.807) is 0 Å². The van der Waals surface area contributed by atoms with Crippen LogP contribution in [0.2, 0.25) is 0 Å². The fourth-order valence-corrected chi connectivity index (χ4v) is 2.59. The minimum absolute atomic E-state index is 0.348. The van der Waals surface area contributed by atoms with Gasteiger partial charge in [0.05, 0.1) is 0 Å². The topological polar surface area (TPSA) is 0 Å². The summed E-state index contributed by atoms with van der Waals surface area (Å²) in [4.78, 5) is 0. The molecular formula is C15H24. The second-order valence-corrected chi connectivity index (χ2v) is 5.40. The average Bonchev–Trinajstić information content (AvgIpc) is 2.12. The molecule has 0 N–H and O–H groups in total. The van der Waals surface area contributed by atoms with Crippen molar-refractivity contribution < 1.29 is 0 Å². The molecule has 0 heterocycles. The second kappa shape index (κ2) is 4.86. The third kappa shape index (κ3) is 3.11. The van der Waals surface area contributed by atoms with Crippen molar-refractivity contribution in [3.05, 3.63) is 29.0 Å². The molecule has 0 aliphatic heterocycles. The highest BCUT2D eigenvalue weighted by atomic mass is 14.3. The van der Waals surface area contributed by atoms with Gasteiger partial charge in [-0.1, -0.05) is 39.3 Å². The van der Waals surface area contributed by atoms with Crippen LogP contribution in [0, 0.1) is 11.3 Å². The molecule has 0 radical (unpaired) electrons. The van der Waals surface area contributed by atoms with Crippen LogP contribution in [0.15, 0.2) is 29.0 Å². The number of rotatable bonds is 1. The van der Waals surface area contributed by atoms with Crippen molar-refractivity contribution >= 4 is 0 Å². The van der Waals surface area contributed by atoms with Gasteiger partial charge in [0.15, 0.2) is 0 Å². The van der Waals surface area contributed by atoms with Crippen molar-refractivity contribution in [1.29, 1.82) is 0 Å². The first-order valence-electron chi connectivity index (χ1n) is 6.08. The van der Waals surface area contributed by atoms with E-state index in [2.05, 4.69) is 52.5 Å². The largest absolute Gasteiger partial charge is 0.118 e. The van der Waals surface area contributed by atoms with E-state index < -0.39 is 0 Å². The molecule has 15 heavy (non-hydrogen) atoms. The molecular weight excluding hydrogens is 180 g/mol. The SMILES string of the molecule is CC=CC(C)=C=C1C(C)CCCC1(C)C. The fourth-order valence-electron chi connectivity index (χ4n) is 2.59. The van der Waals surface area contributed by atoms with E-state index in [1.165, 1.54) is 30.4 Å². The first-order chi connectivity index (χ1) is 6.97. The monoisotopic (exact) mass is 204 g/mol. The minimum Gasteiger partial charge on any atom is -0.118 e. The summed E-state index contributed by atoms with van der Waals surface area (Å²) in [6.45, 7) is 11.3. The Labute approximate surface area is 94.8 Å². The van der Waals surface area contributed by atoms with Crippen molar-refractivity contribution in [1.82, 2.24) is 0 Å². The van der Waals surface area contributed by atoms with Crippen LogP contribution in [0.4, 0.5) is 0 Å². The molecule has 1 fully saturated rings. The quantitative estimate of drug-likeness (QED) is 0.422. The lowest BCUT2D eigenvalue weighted by Gasteiger charge is -2.36. The summed E-state index contributed by atoms with van der Waals surface area (Å²) in [5.41, 5.74) is 6.73. The van der Waals surface area contributed by atoms with Crippen LogP contribution in [0.3, 0.4) is 0 Å². The zero-order valence-corrected chi connectivity index (χ0v) is 10.9. The Balaban J connectivity index is 3.13. The number of allylic oxidation sites excluding steroid dienone is 3. The Morgan fingerprint density at radius 2 is 2.13 bits per heavy atom. The maximum atomic E-state index is 3.61. The molecule has 0 spiro atoms. The second-order valence-electron chi connectivity index (χ2n) is 5.40. The number of hydrogen-bond acceptors (Lipinski definition) is 0. The van der Waals surface area contributed by atoms with Crippen molar-refractivity contribution in [2.75, 3.05) is 0 Å². The molecule has 1 atom stereocenters. The van der Waals surface area contributed by atoms with E-state index in [-0.39, 0.29) is 0 Å². The van der Waals surface area contributed by atoms with Gasteiger partial charge in [0.2, 0.25) is 0 Å². The maximum Gasteiger partial charge on any atom is -0.00660 e. The van der Waals surface area contributed by atoms with Crippen LogP contribution >= 0.6 is 0 Å². The summed E-state index contributed by atoms with van der Waals surface area (Å²) >= 11 is 0. The van der Waals surface area contributed by atoms with Gasteiger partial charge < -0.3 is 0 Å². The predicted molar refractivity (Wildman–Crippen MR) is 67.8 cm³/mol.